The lowest BCUT2D eigenvalue weighted by molar-refractivity contribution is 0.0693. The van der Waals surface area contributed by atoms with Gasteiger partial charge in [-0.3, -0.25) is 4.79 Å². The van der Waals surface area contributed by atoms with Crippen LogP contribution in [-0.4, -0.2) is 40.5 Å². The molecule has 0 spiro atoms. The van der Waals surface area contributed by atoms with Crippen LogP contribution in [0, 0.1) is 0 Å². The molecular formula is C24H28ClN3O. The fourth-order valence-corrected chi connectivity index (χ4v) is 4.47. The summed E-state index contributed by atoms with van der Waals surface area (Å²) in [6.45, 7) is 6.56. The van der Waals surface area contributed by atoms with Crippen LogP contribution in [0.1, 0.15) is 42.7 Å². The molecule has 0 atom stereocenters. The quantitative estimate of drug-likeness (QED) is 0.647. The molecular weight excluding hydrogens is 382 g/mol. The van der Waals surface area contributed by atoms with Crippen LogP contribution in [0.15, 0.2) is 54.6 Å². The Hall–Kier alpha value is -2.30. The molecule has 1 saturated heterocycles. The number of carbonyl (C=O) groups excluding carboxylic acids is 1. The molecule has 3 aromatic rings. The SMILES string of the molecule is CC(C)NC1CCN(C(=O)c2cc3ccccc3n2Cc2cccc(Cl)c2)CC1. The fraction of sp³-hybridized carbons (Fsp3) is 0.375. The Morgan fingerprint density at radius 1 is 1.10 bits per heavy atom. The predicted molar refractivity (Wildman–Crippen MR) is 120 cm³/mol. The molecule has 4 nitrogen and oxygen atoms in total. The van der Waals surface area contributed by atoms with Crippen LogP contribution in [0.2, 0.25) is 5.02 Å². The number of para-hydroxylation sites is 1. The van der Waals surface area contributed by atoms with E-state index in [9.17, 15) is 4.79 Å². The summed E-state index contributed by atoms with van der Waals surface area (Å²) in [6.07, 6.45) is 2.00. The van der Waals surface area contributed by atoms with Gasteiger partial charge in [-0.25, -0.2) is 0 Å². The van der Waals surface area contributed by atoms with Crippen molar-refractivity contribution < 1.29 is 4.79 Å². The summed E-state index contributed by atoms with van der Waals surface area (Å²) in [4.78, 5) is 15.4. The van der Waals surface area contributed by atoms with Gasteiger partial charge < -0.3 is 14.8 Å². The number of hydrogen-bond donors (Lipinski definition) is 1. The van der Waals surface area contributed by atoms with E-state index in [1.54, 1.807) is 0 Å². The minimum atomic E-state index is 0.117. The van der Waals surface area contributed by atoms with Crippen LogP contribution in [0.3, 0.4) is 0 Å². The van der Waals surface area contributed by atoms with E-state index in [4.69, 9.17) is 11.6 Å². The maximum absolute atomic E-state index is 13.4. The van der Waals surface area contributed by atoms with Crippen LogP contribution in [0.4, 0.5) is 0 Å². The van der Waals surface area contributed by atoms with Gasteiger partial charge in [-0.1, -0.05) is 55.8 Å². The standard InChI is InChI=1S/C24H28ClN3O/c1-17(2)26-21-10-12-27(13-11-21)24(29)23-15-19-7-3-4-9-22(19)28(23)16-18-6-5-8-20(25)14-18/h3-9,14-15,17,21,26H,10-13,16H2,1-2H3. The van der Waals surface area contributed by atoms with Gasteiger partial charge in [0.05, 0.1) is 0 Å². The lowest BCUT2D eigenvalue weighted by Crippen LogP contribution is -2.47. The average molecular weight is 410 g/mol. The summed E-state index contributed by atoms with van der Waals surface area (Å²) < 4.78 is 2.13. The Labute approximate surface area is 177 Å². The Kier molecular flexibility index (Phi) is 5.93. The zero-order valence-electron chi connectivity index (χ0n) is 17.1. The van der Waals surface area contributed by atoms with Crippen LogP contribution >= 0.6 is 11.6 Å². The van der Waals surface area contributed by atoms with Crippen LogP contribution in [0.25, 0.3) is 10.9 Å². The predicted octanol–water partition coefficient (Wildman–Crippen LogP) is 4.95. The molecule has 1 fully saturated rings. The molecule has 1 aromatic heterocycles. The molecule has 4 rings (SSSR count). The number of aromatic nitrogens is 1. The topological polar surface area (TPSA) is 37.3 Å². The third kappa shape index (κ3) is 4.49. The molecule has 1 amide bonds. The fourth-order valence-electron chi connectivity index (χ4n) is 4.26. The van der Waals surface area contributed by atoms with Gasteiger partial charge in [-0.2, -0.15) is 0 Å². The molecule has 152 valence electrons. The van der Waals surface area contributed by atoms with Crippen molar-refractivity contribution in [1.29, 1.82) is 0 Å². The molecule has 29 heavy (non-hydrogen) atoms. The monoisotopic (exact) mass is 409 g/mol. The summed E-state index contributed by atoms with van der Waals surface area (Å²) in [7, 11) is 0. The first-order valence-corrected chi connectivity index (χ1v) is 10.8. The molecule has 1 aliphatic heterocycles. The molecule has 2 heterocycles. The van der Waals surface area contributed by atoms with Crippen LogP contribution < -0.4 is 5.32 Å². The van der Waals surface area contributed by atoms with Crippen molar-refractivity contribution in [2.24, 2.45) is 0 Å². The van der Waals surface area contributed by atoms with Gasteiger partial charge in [-0.15, -0.1) is 0 Å². The molecule has 0 unspecified atom stereocenters. The van der Waals surface area contributed by atoms with Crippen molar-refractivity contribution in [2.45, 2.75) is 45.3 Å². The first-order valence-electron chi connectivity index (χ1n) is 10.4. The molecule has 1 aliphatic rings. The molecule has 1 N–H and O–H groups in total. The zero-order valence-corrected chi connectivity index (χ0v) is 17.8. The number of rotatable bonds is 5. The van der Waals surface area contributed by atoms with Crippen molar-refractivity contribution in [2.75, 3.05) is 13.1 Å². The van der Waals surface area contributed by atoms with Crippen molar-refractivity contribution in [1.82, 2.24) is 14.8 Å². The number of likely N-dealkylation sites (tertiary alicyclic amines) is 1. The lowest BCUT2D eigenvalue weighted by atomic mass is 10.0. The van der Waals surface area contributed by atoms with Gasteiger partial charge >= 0.3 is 0 Å². The van der Waals surface area contributed by atoms with E-state index in [2.05, 4.69) is 41.9 Å². The largest absolute Gasteiger partial charge is 0.337 e. The number of benzene rings is 2. The highest BCUT2D eigenvalue weighted by Crippen LogP contribution is 2.24. The molecule has 2 aromatic carbocycles. The molecule has 5 heteroatoms. The highest BCUT2D eigenvalue weighted by Gasteiger charge is 2.26. The van der Waals surface area contributed by atoms with Crippen LogP contribution in [0.5, 0.6) is 0 Å². The Balaban J connectivity index is 1.61. The third-order valence-corrected chi connectivity index (χ3v) is 5.85. The highest BCUT2D eigenvalue weighted by atomic mass is 35.5. The van der Waals surface area contributed by atoms with Gasteiger partial charge in [0.25, 0.3) is 5.91 Å². The number of nitrogens with zero attached hydrogens (tertiary/aromatic N) is 2. The van der Waals surface area contributed by atoms with Gasteiger partial charge in [0.1, 0.15) is 5.69 Å². The molecule has 0 bridgehead atoms. The van der Waals surface area contributed by atoms with Crippen molar-refractivity contribution in [3.8, 4) is 0 Å². The second kappa shape index (κ2) is 8.60. The van der Waals surface area contributed by atoms with Crippen molar-refractivity contribution in [3.05, 3.63) is 70.9 Å². The Bertz CT molecular complexity index is 1000. The van der Waals surface area contributed by atoms with E-state index in [1.165, 1.54) is 0 Å². The molecule has 0 aliphatic carbocycles. The van der Waals surface area contributed by atoms with E-state index < -0.39 is 0 Å². The summed E-state index contributed by atoms with van der Waals surface area (Å²) in [6, 6.07) is 19.0. The Morgan fingerprint density at radius 3 is 2.59 bits per heavy atom. The van der Waals surface area contributed by atoms with Crippen molar-refractivity contribution >= 4 is 28.4 Å². The van der Waals surface area contributed by atoms with Gasteiger partial charge in [0, 0.05) is 47.6 Å². The number of piperidine rings is 1. The molecule has 0 saturated carbocycles. The van der Waals surface area contributed by atoms with Crippen molar-refractivity contribution in [3.63, 3.8) is 0 Å². The Morgan fingerprint density at radius 2 is 1.86 bits per heavy atom. The summed E-state index contributed by atoms with van der Waals surface area (Å²) >= 11 is 6.19. The summed E-state index contributed by atoms with van der Waals surface area (Å²) in [5.41, 5.74) is 2.92. The second-order valence-corrected chi connectivity index (χ2v) is 8.63. The maximum Gasteiger partial charge on any atom is 0.270 e. The number of halogens is 1. The number of fused-ring (bicyclic) bond motifs is 1. The van der Waals surface area contributed by atoms with E-state index in [1.807, 2.05) is 41.3 Å². The lowest BCUT2D eigenvalue weighted by Gasteiger charge is -2.33. The third-order valence-electron chi connectivity index (χ3n) is 5.61. The highest BCUT2D eigenvalue weighted by molar-refractivity contribution is 6.30. The average Bonchev–Trinajstić information content (AvgIpc) is 3.06. The van der Waals surface area contributed by atoms with E-state index in [-0.39, 0.29) is 5.91 Å². The summed E-state index contributed by atoms with van der Waals surface area (Å²) in [5, 5.41) is 5.40. The minimum absolute atomic E-state index is 0.117. The first-order chi connectivity index (χ1) is 14.0. The maximum atomic E-state index is 13.4. The normalized spacial score (nSPS) is 15.4. The number of hydrogen-bond acceptors (Lipinski definition) is 2. The van der Waals surface area contributed by atoms with E-state index in [0.29, 0.717) is 23.7 Å². The van der Waals surface area contributed by atoms with E-state index >= 15 is 0 Å². The second-order valence-electron chi connectivity index (χ2n) is 8.19. The first kappa shape index (κ1) is 20.0. The number of nitrogens with one attached hydrogen (secondary N) is 1. The van der Waals surface area contributed by atoms with Gasteiger partial charge in [-0.05, 0) is 42.7 Å². The number of carbonyl (C=O) groups is 1. The zero-order chi connectivity index (χ0) is 20.4. The summed E-state index contributed by atoms with van der Waals surface area (Å²) in [5.74, 6) is 0.117. The van der Waals surface area contributed by atoms with Gasteiger partial charge in [0.2, 0.25) is 0 Å². The van der Waals surface area contributed by atoms with Crippen LogP contribution in [-0.2, 0) is 6.54 Å². The van der Waals surface area contributed by atoms with Gasteiger partial charge in [0.15, 0.2) is 0 Å². The van der Waals surface area contributed by atoms with E-state index in [0.717, 1.165) is 48.1 Å². The number of amides is 1. The minimum Gasteiger partial charge on any atom is -0.337 e. The molecule has 0 radical (unpaired) electrons. The smallest absolute Gasteiger partial charge is 0.270 e.